The summed E-state index contributed by atoms with van der Waals surface area (Å²) in [5.41, 5.74) is 0.487. The van der Waals surface area contributed by atoms with Crippen LogP contribution in [0.5, 0.6) is 0 Å². The Morgan fingerprint density at radius 1 is 1.30 bits per heavy atom. The van der Waals surface area contributed by atoms with E-state index in [9.17, 15) is 4.79 Å². The van der Waals surface area contributed by atoms with Crippen LogP contribution in [0, 0.1) is 5.92 Å². The number of anilines is 1. The number of carbonyl (C=O) groups is 1. The average Bonchev–Trinajstić information content (AvgIpc) is 2.38. The monoisotopic (exact) mass is 315 g/mol. The summed E-state index contributed by atoms with van der Waals surface area (Å²) in [6.45, 7) is 3.05. The maximum absolute atomic E-state index is 11.9. The highest BCUT2D eigenvalue weighted by Gasteiger charge is 2.36. The summed E-state index contributed by atoms with van der Waals surface area (Å²) in [4.78, 5) is 18.1. The van der Waals surface area contributed by atoms with Gasteiger partial charge in [0.2, 0.25) is 0 Å². The van der Waals surface area contributed by atoms with E-state index in [0.717, 1.165) is 32.5 Å². The average molecular weight is 316 g/mol. The Kier molecular flexibility index (Phi) is 4.01. The first-order valence-electron chi connectivity index (χ1n) is 6.63. The summed E-state index contributed by atoms with van der Waals surface area (Å²) in [5.74, 6) is 0.482. The molecule has 1 aromatic heterocycles. The molecule has 0 saturated carbocycles. The summed E-state index contributed by atoms with van der Waals surface area (Å²) in [7, 11) is 0. The van der Waals surface area contributed by atoms with E-state index in [2.05, 4.69) is 15.2 Å². The minimum Gasteiger partial charge on any atom is -0.444 e. The lowest BCUT2D eigenvalue weighted by molar-refractivity contribution is -0.0289. The molecule has 3 saturated heterocycles. The third-order valence-corrected chi connectivity index (χ3v) is 4.25. The van der Waals surface area contributed by atoms with Crippen molar-refractivity contribution in [2.24, 2.45) is 5.92 Å². The van der Waals surface area contributed by atoms with Crippen molar-refractivity contribution in [3.05, 3.63) is 22.4 Å². The van der Waals surface area contributed by atoms with Gasteiger partial charge in [0.1, 0.15) is 16.4 Å². The minimum atomic E-state index is -0.470. The van der Waals surface area contributed by atoms with Gasteiger partial charge in [-0.05, 0) is 44.0 Å². The number of ether oxygens (including phenoxy) is 1. The lowest BCUT2D eigenvalue weighted by Crippen LogP contribution is -2.52. The fourth-order valence-corrected chi connectivity index (χ4v) is 3.33. The Balaban J connectivity index is 1.59. The molecule has 3 aliphatic heterocycles. The molecule has 2 bridgehead atoms. The minimum absolute atomic E-state index is 0.0229. The molecular weight excluding hydrogens is 301 g/mol. The van der Waals surface area contributed by atoms with E-state index in [1.54, 1.807) is 0 Å². The highest BCUT2D eigenvalue weighted by Crippen LogP contribution is 2.29. The molecule has 7 heteroatoms. The van der Waals surface area contributed by atoms with Gasteiger partial charge in [0, 0.05) is 6.54 Å². The van der Waals surface area contributed by atoms with E-state index >= 15 is 0 Å². The number of rotatable bonds is 2. The molecule has 4 heterocycles. The topological polar surface area (TPSA) is 54.5 Å². The first-order chi connectivity index (χ1) is 9.60. The van der Waals surface area contributed by atoms with E-state index in [0.29, 0.717) is 11.6 Å². The Morgan fingerprint density at radius 2 is 1.95 bits per heavy atom. The van der Waals surface area contributed by atoms with Crippen molar-refractivity contribution in [3.8, 4) is 0 Å². The number of fused-ring (bicyclic) bond motifs is 3. The number of hydrogen-bond donors (Lipinski definition) is 1. The molecule has 108 valence electrons. The van der Waals surface area contributed by atoms with Crippen LogP contribution in [0.25, 0.3) is 0 Å². The van der Waals surface area contributed by atoms with Gasteiger partial charge in [0.05, 0.1) is 5.69 Å². The van der Waals surface area contributed by atoms with E-state index in [1.165, 1.54) is 12.1 Å². The largest absolute Gasteiger partial charge is 0.444 e. The number of hydrogen-bond acceptors (Lipinski definition) is 4. The highest BCUT2D eigenvalue weighted by atomic mass is 35.5. The highest BCUT2D eigenvalue weighted by molar-refractivity contribution is 6.32. The van der Waals surface area contributed by atoms with Crippen LogP contribution >= 0.6 is 23.2 Å². The zero-order valence-electron chi connectivity index (χ0n) is 10.8. The predicted octanol–water partition coefficient (Wildman–Crippen LogP) is 3.03. The van der Waals surface area contributed by atoms with Gasteiger partial charge >= 0.3 is 6.09 Å². The summed E-state index contributed by atoms with van der Waals surface area (Å²) >= 11 is 11.6. The van der Waals surface area contributed by atoms with Crippen molar-refractivity contribution in [2.45, 2.75) is 18.9 Å². The first kappa shape index (κ1) is 13.9. The van der Waals surface area contributed by atoms with Gasteiger partial charge in [0.25, 0.3) is 0 Å². The van der Waals surface area contributed by atoms with Crippen molar-refractivity contribution in [3.63, 3.8) is 0 Å². The van der Waals surface area contributed by atoms with Gasteiger partial charge < -0.3 is 4.74 Å². The predicted molar refractivity (Wildman–Crippen MR) is 77.3 cm³/mol. The van der Waals surface area contributed by atoms with E-state index in [1.807, 2.05) is 0 Å². The molecular formula is C13H15Cl2N3O2. The maximum Gasteiger partial charge on any atom is 0.411 e. The summed E-state index contributed by atoms with van der Waals surface area (Å²) in [6, 6.07) is 3.07. The summed E-state index contributed by atoms with van der Waals surface area (Å²) in [5, 5.41) is 3.11. The van der Waals surface area contributed by atoms with Crippen LogP contribution in [-0.4, -0.2) is 41.7 Å². The van der Waals surface area contributed by atoms with Crippen LogP contribution in [0.1, 0.15) is 12.8 Å². The Hall–Kier alpha value is -1.04. The lowest BCUT2D eigenvalue weighted by Gasteiger charge is -2.43. The molecule has 1 atom stereocenters. The van der Waals surface area contributed by atoms with Crippen LogP contribution in [0.3, 0.4) is 0 Å². The second-order valence-electron chi connectivity index (χ2n) is 5.21. The Bertz CT molecular complexity index is 498. The van der Waals surface area contributed by atoms with E-state index in [4.69, 9.17) is 27.9 Å². The van der Waals surface area contributed by atoms with Crippen molar-refractivity contribution < 1.29 is 9.53 Å². The zero-order chi connectivity index (χ0) is 14.1. The zero-order valence-corrected chi connectivity index (χ0v) is 12.3. The third kappa shape index (κ3) is 3.16. The molecule has 1 N–H and O–H groups in total. The van der Waals surface area contributed by atoms with Crippen molar-refractivity contribution in [2.75, 3.05) is 25.0 Å². The van der Waals surface area contributed by atoms with E-state index < -0.39 is 6.09 Å². The number of halogens is 2. The molecule has 0 aliphatic carbocycles. The maximum atomic E-state index is 11.9. The molecule has 4 rings (SSSR count). The van der Waals surface area contributed by atoms with Crippen LogP contribution in [0.4, 0.5) is 10.5 Å². The second-order valence-corrected chi connectivity index (χ2v) is 5.98. The van der Waals surface area contributed by atoms with E-state index in [-0.39, 0.29) is 16.4 Å². The molecule has 3 fully saturated rings. The van der Waals surface area contributed by atoms with Gasteiger partial charge in [-0.2, -0.15) is 0 Å². The standard InChI is InChI=1S/C13H15Cl2N3O2/c14-11-5-9(6-12(15)17-11)16-13(19)20-10-7-18-3-1-8(10)2-4-18/h5-6,8,10H,1-4,7H2,(H,16,17,19). The molecule has 1 amide bonds. The summed E-state index contributed by atoms with van der Waals surface area (Å²) in [6.07, 6.45) is 1.71. The van der Waals surface area contributed by atoms with Crippen molar-refractivity contribution in [1.82, 2.24) is 9.88 Å². The number of piperidine rings is 3. The van der Waals surface area contributed by atoms with Gasteiger partial charge in [-0.15, -0.1) is 0 Å². The lowest BCUT2D eigenvalue weighted by atomic mass is 9.86. The Morgan fingerprint density at radius 3 is 2.50 bits per heavy atom. The van der Waals surface area contributed by atoms with Gasteiger partial charge in [0.15, 0.2) is 0 Å². The fourth-order valence-electron chi connectivity index (χ4n) is 2.87. The molecule has 1 unspecified atom stereocenters. The van der Waals surface area contributed by atoms with Gasteiger partial charge in [-0.25, -0.2) is 9.78 Å². The van der Waals surface area contributed by atoms with Crippen molar-refractivity contribution >= 4 is 35.0 Å². The Labute approximate surface area is 127 Å². The van der Waals surface area contributed by atoms with Crippen molar-refractivity contribution in [1.29, 1.82) is 0 Å². The SMILES string of the molecule is O=C(Nc1cc(Cl)nc(Cl)c1)OC1CN2CCC1CC2. The first-order valence-corrected chi connectivity index (χ1v) is 7.39. The fraction of sp³-hybridized carbons (Fsp3) is 0.538. The normalized spacial score (nSPS) is 28.2. The molecule has 0 aromatic carbocycles. The van der Waals surface area contributed by atoms with Gasteiger partial charge in [-0.1, -0.05) is 23.2 Å². The van der Waals surface area contributed by atoms with Crippen LogP contribution in [-0.2, 0) is 4.74 Å². The molecule has 0 spiro atoms. The number of carbonyl (C=O) groups excluding carboxylic acids is 1. The number of pyridine rings is 1. The number of aromatic nitrogens is 1. The molecule has 5 nitrogen and oxygen atoms in total. The second kappa shape index (κ2) is 5.76. The molecule has 0 radical (unpaired) electrons. The smallest absolute Gasteiger partial charge is 0.411 e. The molecule has 20 heavy (non-hydrogen) atoms. The third-order valence-electron chi connectivity index (χ3n) is 3.86. The van der Waals surface area contributed by atoms with Gasteiger partial charge in [-0.3, -0.25) is 10.2 Å². The molecule has 3 aliphatic rings. The number of nitrogens with zero attached hydrogens (tertiary/aromatic N) is 2. The summed E-state index contributed by atoms with van der Waals surface area (Å²) < 4.78 is 5.51. The quantitative estimate of drug-likeness (QED) is 0.852. The van der Waals surface area contributed by atoms with Crippen LogP contribution in [0.2, 0.25) is 10.3 Å². The van der Waals surface area contributed by atoms with Crippen LogP contribution < -0.4 is 5.32 Å². The van der Waals surface area contributed by atoms with Crippen LogP contribution in [0.15, 0.2) is 12.1 Å². The number of nitrogens with one attached hydrogen (secondary N) is 1. The molecule has 1 aromatic rings. The number of amides is 1.